The number of halogens is 1. The maximum absolute atomic E-state index is 12.8. The van der Waals surface area contributed by atoms with Gasteiger partial charge in [-0.25, -0.2) is 4.79 Å². The molecule has 0 radical (unpaired) electrons. The van der Waals surface area contributed by atoms with Crippen molar-refractivity contribution in [3.05, 3.63) is 46.2 Å². The molecule has 186 valence electrons. The number of hydrogen-bond acceptors (Lipinski definition) is 9. The molecular weight excluding hydrogens is 482 g/mol. The zero-order valence-electron chi connectivity index (χ0n) is 19.5. The summed E-state index contributed by atoms with van der Waals surface area (Å²) in [6, 6.07) is 5.20. The Balaban J connectivity index is 1.97. The topological polar surface area (TPSA) is 126 Å². The Hall–Kier alpha value is -1.91. The van der Waals surface area contributed by atoms with Gasteiger partial charge in [0.05, 0.1) is 17.7 Å². The lowest BCUT2D eigenvalue weighted by Crippen LogP contribution is -2.58. The number of ether oxygens (including phenoxy) is 2. The standard InChI is InChI=1S/C24H30ClNO7S/c1-12(18-15(28)9-24(2,3)10-16(18)29)26-19-21(20(30)17(11-27)32-23(19)34-4)33-22(31)13-5-7-14(25)8-6-13/h5-8,17,19-21,23,27-28,30H,9-11H2,1-4H3/t17-,19-,20-,21-,23+/m1/s1. The number of nitrogens with zero attached hydrogens (tertiary/aromatic N) is 1. The lowest BCUT2D eigenvalue weighted by atomic mass is 9.75. The van der Waals surface area contributed by atoms with Gasteiger partial charge in [0, 0.05) is 23.6 Å². The number of aliphatic imine (C=N–C) groups is 1. The van der Waals surface area contributed by atoms with Gasteiger partial charge in [-0.05, 0) is 42.9 Å². The maximum Gasteiger partial charge on any atom is 0.338 e. The summed E-state index contributed by atoms with van der Waals surface area (Å²) in [5.41, 5.74) is -0.402. The molecule has 1 aromatic carbocycles. The highest BCUT2D eigenvalue weighted by molar-refractivity contribution is 7.99. The molecule has 8 nitrogen and oxygen atoms in total. The molecule has 0 unspecified atom stereocenters. The van der Waals surface area contributed by atoms with Crippen molar-refractivity contribution in [1.29, 1.82) is 0 Å². The van der Waals surface area contributed by atoms with Crippen LogP contribution < -0.4 is 0 Å². The Morgan fingerprint density at radius 2 is 1.94 bits per heavy atom. The predicted octanol–water partition coefficient (Wildman–Crippen LogP) is 3.34. The molecule has 0 spiro atoms. The van der Waals surface area contributed by atoms with E-state index in [1.54, 1.807) is 25.3 Å². The Bertz CT molecular complexity index is 992. The van der Waals surface area contributed by atoms with Gasteiger partial charge in [-0.1, -0.05) is 25.4 Å². The van der Waals surface area contributed by atoms with Crippen LogP contribution in [0.5, 0.6) is 0 Å². The fourth-order valence-corrected chi connectivity index (χ4v) is 5.16. The summed E-state index contributed by atoms with van der Waals surface area (Å²) in [6.07, 6.45) is -1.17. The first-order valence-corrected chi connectivity index (χ1v) is 12.6. The number of ketones is 1. The highest BCUT2D eigenvalue weighted by atomic mass is 35.5. The second kappa shape index (κ2) is 10.8. The number of rotatable bonds is 6. The van der Waals surface area contributed by atoms with Crippen molar-refractivity contribution in [3.63, 3.8) is 0 Å². The van der Waals surface area contributed by atoms with E-state index in [9.17, 15) is 24.9 Å². The number of esters is 1. The van der Waals surface area contributed by atoms with Crippen LogP contribution in [0.3, 0.4) is 0 Å². The molecule has 1 aliphatic carbocycles. The minimum absolute atomic E-state index is 0.0385. The summed E-state index contributed by atoms with van der Waals surface area (Å²) in [6.45, 7) is 4.92. The molecular formula is C24H30ClNO7S. The van der Waals surface area contributed by atoms with Gasteiger partial charge in [-0.15, -0.1) is 11.8 Å². The van der Waals surface area contributed by atoms with Gasteiger partial charge in [-0.2, -0.15) is 0 Å². The van der Waals surface area contributed by atoms with Crippen molar-refractivity contribution in [2.75, 3.05) is 12.9 Å². The molecule has 1 aliphatic heterocycles. The minimum Gasteiger partial charge on any atom is -0.511 e. The fraction of sp³-hybridized carbons (Fsp3) is 0.542. The minimum atomic E-state index is -1.37. The highest BCUT2D eigenvalue weighted by Crippen LogP contribution is 2.37. The molecule has 1 fully saturated rings. The number of hydrogen-bond donors (Lipinski definition) is 3. The van der Waals surface area contributed by atoms with Gasteiger partial charge in [0.25, 0.3) is 0 Å². The third-order valence-corrected chi connectivity index (χ3v) is 7.04. The SMILES string of the molecule is CS[C@@H]1O[C@H](CO)[C@@H](O)[C@H](OC(=O)c2ccc(Cl)cc2)[C@H]1N=C(C)C1=C(O)CC(C)(C)CC1=O. The van der Waals surface area contributed by atoms with Crippen LogP contribution in [0.1, 0.15) is 44.0 Å². The number of carbonyl (C=O) groups is 2. The molecule has 3 rings (SSSR count). The van der Waals surface area contributed by atoms with Crippen LogP contribution >= 0.6 is 23.4 Å². The number of aliphatic hydroxyl groups excluding tert-OH is 3. The summed E-state index contributed by atoms with van der Waals surface area (Å²) in [4.78, 5) is 30.2. The predicted molar refractivity (Wildman–Crippen MR) is 130 cm³/mol. The van der Waals surface area contributed by atoms with E-state index in [4.69, 9.17) is 21.1 Å². The molecule has 1 saturated heterocycles. The van der Waals surface area contributed by atoms with Crippen LogP contribution in [-0.2, 0) is 14.3 Å². The molecule has 2 aliphatic rings. The normalized spacial score (nSPS) is 29.8. The molecule has 1 heterocycles. The summed E-state index contributed by atoms with van der Waals surface area (Å²) in [5.74, 6) is -0.964. The smallest absolute Gasteiger partial charge is 0.338 e. The quantitative estimate of drug-likeness (QED) is 0.392. The average Bonchev–Trinajstić information content (AvgIpc) is 2.75. The van der Waals surface area contributed by atoms with Gasteiger partial charge in [0.15, 0.2) is 11.9 Å². The summed E-state index contributed by atoms with van der Waals surface area (Å²) in [7, 11) is 0. The van der Waals surface area contributed by atoms with E-state index in [0.29, 0.717) is 11.4 Å². The molecule has 1 aromatic rings. The van der Waals surface area contributed by atoms with Crippen molar-refractivity contribution in [1.82, 2.24) is 0 Å². The first-order chi connectivity index (χ1) is 16.0. The lowest BCUT2D eigenvalue weighted by Gasteiger charge is -2.42. The van der Waals surface area contributed by atoms with Crippen molar-refractivity contribution < 1.29 is 34.4 Å². The number of aliphatic hydroxyl groups is 3. The zero-order chi connectivity index (χ0) is 25.2. The first kappa shape index (κ1) is 26.7. The van der Waals surface area contributed by atoms with Crippen LogP contribution in [0.4, 0.5) is 0 Å². The highest BCUT2D eigenvalue weighted by Gasteiger charge is 2.47. The van der Waals surface area contributed by atoms with Crippen LogP contribution in [0, 0.1) is 5.41 Å². The zero-order valence-corrected chi connectivity index (χ0v) is 21.1. The molecule has 0 aromatic heterocycles. The van der Waals surface area contributed by atoms with Gasteiger partial charge in [-0.3, -0.25) is 9.79 Å². The van der Waals surface area contributed by atoms with E-state index in [0.717, 1.165) is 0 Å². The summed E-state index contributed by atoms with van der Waals surface area (Å²) in [5, 5.41) is 31.6. The van der Waals surface area contributed by atoms with E-state index < -0.39 is 42.4 Å². The van der Waals surface area contributed by atoms with Crippen LogP contribution in [0.15, 0.2) is 40.6 Å². The van der Waals surface area contributed by atoms with Gasteiger partial charge in [0.1, 0.15) is 29.4 Å². The molecule has 34 heavy (non-hydrogen) atoms. The van der Waals surface area contributed by atoms with Gasteiger partial charge >= 0.3 is 5.97 Å². The van der Waals surface area contributed by atoms with E-state index in [1.807, 2.05) is 13.8 Å². The first-order valence-electron chi connectivity index (χ1n) is 10.9. The lowest BCUT2D eigenvalue weighted by molar-refractivity contribution is -0.167. The maximum atomic E-state index is 12.8. The average molecular weight is 512 g/mol. The van der Waals surface area contributed by atoms with E-state index in [2.05, 4.69) is 4.99 Å². The fourth-order valence-electron chi connectivity index (χ4n) is 4.29. The molecule has 5 atom stereocenters. The third-order valence-electron chi connectivity index (χ3n) is 5.93. The van der Waals surface area contributed by atoms with Gasteiger partial charge in [0.2, 0.25) is 0 Å². The molecule has 10 heteroatoms. The van der Waals surface area contributed by atoms with E-state index in [1.165, 1.54) is 23.9 Å². The second-order valence-electron chi connectivity index (χ2n) is 9.30. The second-order valence-corrected chi connectivity index (χ2v) is 10.7. The molecule has 3 N–H and O–H groups in total. The Kier molecular flexibility index (Phi) is 8.47. The van der Waals surface area contributed by atoms with Crippen molar-refractivity contribution in [3.8, 4) is 0 Å². The molecule has 0 amide bonds. The number of benzene rings is 1. The third kappa shape index (κ3) is 5.83. The summed E-state index contributed by atoms with van der Waals surface area (Å²) < 4.78 is 11.5. The molecule has 0 bridgehead atoms. The van der Waals surface area contributed by atoms with Crippen LogP contribution in [0.2, 0.25) is 5.02 Å². The Morgan fingerprint density at radius 1 is 1.29 bits per heavy atom. The largest absolute Gasteiger partial charge is 0.511 e. The number of carbonyl (C=O) groups excluding carboxylic acids is 2. The van der Waals surface area contributed by atoms with Crippen LogP contribution in [0.25, 0.3) is 0 Å². The van der Waals surface area contributed by atoms with Gasteiger partial charge < -0.3 is 24.8 Å². The Morgan fingerprint density at radius 3 is 2.50 bits per heavy atom. The van der Waals surface area contributed by atoms with Crippen molar-refractivity contribution in [2.24, 2.45) is 10.4 Å². The van der Waals surface area contributed by atoms with E-state index >= 15 is 0 Å². The number of allylic oxidation sites excluding steroid dienone is 2. The van der Waals surface area contributed by atoms with Crippen molar-refractivity contribution >= 4 is 40.8 Å². The van der Waals surface area contributed by atoms with E-state index in [-0.39, 0.29) is 40.2 Å². The van der Waals surface area contributed by atoms with Crippen molar-refractivity contribution in [2.45, 2.75) is 63.4 Å². The van der Waals surface area contributed by atoms with Crippen LogP contribution in [-0.4, -0.2) is 75.4 Å². The summed E-state index contributed by atoms with van der Waals surface area (Å²) >= 11 is 7.16. The monoisotopic (exact) mass is 511 g/mol. The number of Topliss-reactive ketones (excluding diaryl/α,β-unsaturated/α-hetero) is 1. The molecule has 0 saturated carbocycles. The number of thioether (sulfide) groups is 1. The Labute approximate surface area is 208 Å².